The van der Waals surface area contributed by atoms with Crippen molar-refractivity contribution >= 4 is 27.5 Å². The fourth-order valence-electron chi connectivity index (χ4n) is 5.51. The third-order valence-corrected chi connectivity index (χ3v) is 9.56. The minimum Gasteiger partial charge on any atom is -0.495 e. The minimum absolute atomic E-state index is 0.0571. The van der Waals surface area contributed by atoms with Crippen molar-refractivity contribution in [1.29, 1.82) is 0 Å². The van der Waals surface area contributed by atoms with Gasteiger partial charge in [0, 0.05) is 12.6 Å². The van der Waals surface area contributed by atoms with Gasteiger partial charge in [-0.05, 0) is 55.5 Å². The van der Waals surface area contributed by atoms with Gasteiger partial charge in [-0.25, -0.2) is 8.42 Å². The van der Waals surface area contributed by atoms with Crippen LogP contribution in [0.3, 0.4) is 0 Å². The molecule has 1 fully saturated rings. The molecule has 1 atom stereocenters. The van der Waals surface area contributed by atoms with Gasteiger partial charge in [0.25, 0.3) is 10.0 Å². The summed E-state index contributed by atoms with van der Waals surface area (Å²) in [5, 5.41) is 3.18. The summed E-state index contributed by atoms with van der Waals surface area (Å²) in [6, 6.07) is 23.9. The second-order valence-corrected chi connectivity index (χ2v) is 12.4. The number of ether oxygens (including phenoxy) is 1. The van der Waals surface area contributed by atoms with E-state index in [-0.39, 0.29) is 29.1 Å². The van der Waals surface area contributed by atoms with Crippen molar-refractivity contribution in [2.24, 2.45) is 0 Å². The van der Waals surface area contributed by atoms with E-state index in [4.69, 9.17) is 4.74 Å². The van der Waals surface area contributed by atoms with Gasteiger partial charge in [-0.1, -0.05) is 86.8 Å². The van der Waals surface area contributed by atoms with Crippen molar-refractivity contribution in [3.05, 3.63) is 90.5 Å². The van der Waals surface area contributed by atoms with Crippen LogP contribution in [0.25, 0.3) is 0 Å². The zero-order valence-electron chi connectivity index (χ0n) is 24.4. The van der Waals surface area contributed by atoms with Crippen LogP contribution in [0, 0.1) is 0 Å². The first-order valence-electron chi connectivity index (χ1n) is 14.7. The third kappa shape index (κ3) is 7.70. The molecule has 3 aromatic carbocycles. The van der Waals surface area contributed by atoms with Crippen LogP contribution in [-0.4, -0.2) is 57.4 Å². The number of nitrogens with zero attached hydrogens (tertiary/aromatic N) is 2. The Morgan fingerprint density at radius 3 is 2.17 bits per heavy atom. The summed E-state index contributed by atoms with van der Waals surface area (Å²) in [6.07, 6.45) is 6.10. The van der Waals surface area contributed by atoms with Gasteiger partial charge in [-0.3, -0.25) is 13.9 Å². The van der Waals surface area contributed by atoms with Crippen molar-refractivity contribution in [2.75, 3.05) is 24.5 Å². The van der Waals surface area contributed by atoms with Gasteiger partial charge in [0.1, 0.15) is 18.3 Å². The number of hydrogen-bond acceptors (Lipinski definition) is 5. The number of amides is 2. The molecule has 2 amide bonds. The molecule has 224 valence electrons. The van der Waals surface area contributed by atoms with E-state index in [0.29, 0.717) is 18.6 Å². The lowest BCUT2D eigenvalue weighted by molar-refractivity contribution is -0.140. The van der Waals surface area contributed by atoms with Gasteiger partial charge in [0.2, 0.25) is 11.8 Å². The van der Waals surface area contributed by atoms with Crippen LogP contribution in [0.2, 0.25) is 0 Å². The Morgan fingerprint density at radius 1 is 0.905 bits per heavy atom. The van der Waals surface area contributed by atoms with Gasteiger partial charge in [0.05, 0.1) is 17.7 Å². The van der Waals surface area contributed by atoms with E-state index in [2.05, 4.69) is 5.32 Å². The van der Waals surface area contributed by atoms with Gasteiger partial charge in [0.15, 0.2) is 0 Å². The van der Waals surface area contributed by atoms with Crippen molar-refractivity contribution in [3.63, 3.8) is 0 Å². The highest BCUT2D eigenvalue weighted by atomic mass is 32.2. The maximum atomic E-state index is 14.2. The molecular formula is C33H41N3O5S. The second-order valence-electron chi connectivity index (χ2n) is 10.6. The Kier molecular flexibility index (Phi) is 11.0. The quantitative estimate of drug-likeness (QED) is 0.295. The Balaban J connectivity index is 1.68. The average Bonchev–Trinajstić information content (AvgIpc) is 3.03. The van der Waals surface area contributed by atoms with Crippen molar-refractivity contribution < 1.29 is 22.7 Å². The number of methoxy groups -OCH3 is 1. The Bertz CT molecular complexity index is 1410. The minimum atomic E-state index is -4.15. The maximum Gasteiger partial charge on any atom is 0.264 e. The van der Waals surface area contributed by atoms with Crippen LogP contribution in [0.15, 0.2) is 89.8 Å². The third-order valence-electron chi connectivity index (χ3n) is 7.79. The highest BCUT2D eigenvalue weighted by Crippen LogP contribution is 2.32. The van der Waals surface area contributed by atoms with Crippen molar-refractivity contribution in [3.8, 4) is 5.75 Å². The van der Waals surface area contributed by atoms with Crippen molar-refractivity contribution in [1.82, 2.24) is 10.2 Å². The molecule has 0 aromatic heterocycles. The predicted octanol–water partition coefficient (Wildman–Crippen LogP) is 5.19. The topological polar surface area (TPSA) is 96.0 Å². The van der Waals surface area contributed by atoms with E-state index in [1.807, 2.05) is 37.3 Å². The Hall–Kier alpha value is -3.85. The number of benzene rings is 3. The molecule has 0 spiro atoms. The molecule has 9 heteroatoms. The highest BCUT2D eigenvalue weighted by molar-refractivity contribution is 7.92. The predicted molar refractivity (Wildman–Crippen MR) is 165 cm³/mol. The van der Waals surface area contributed by atoms with Crippen LogP contribution < -0.4 is 14.4 Å². The molecule has 1 saturated carbocycles. The van der Waals surface area contributed by atoms with E-state index in [0.717, 1.165) is 35.6 Å². The van der Waals surface area contributed by atoms with E-state index >= 15 is 0 Å². The molecular weight excluding hydrogens is 550 g/mol. The molecule has 1 aliphatic rings. The van der Waals surface area contributed by atoms with E-state index in [9.17, 15) is 18.0 Å². The molecule has 0 heterocycles. The molecule has 8 nitrogen and oxygen atoms in total. The number of carbonyl (C=O) groups excluding carboxylic acids is 2. The van der Waals surface area contributed by atoms with E-state index in [1.165, 1.54) is 25.7 Å². The first-order valence-corrected chi connectivity index (χ1v) is 16.1. The molecule has 42 heavy (non-hydrogen) atoms. The van der Waals surface area contributed by atoms with Crippen LogP contribution in [0.4, 0.5) is 5.69 Å². The normalized spacial score (nSPS) is 14.5. The molecule has 1 N–H and O–H groups in total. The highest BCUT2D eigenvalue weighted by Gasteiger charge is 2.35. The molecule has 0 radical (unpaired) electrons. The lowest BCUT2D eigenvalue weighted by Gasteiger charge is -2.34. The fraction of sp³-hybridized carbons (Fsp3) is 0.394. The Morgan fingerprint density at radius 2 is 1.52 bits per heavy atom. The Labute approximate surface area is 249 Å². The summed E-state index contributed by atoms with van der Waals surface area (Å²) in [5.74, 6) is -0.328. The number of para-hydroxylation sites is 2. The molecule has 0 aliphatic heterocycles. The van der Waals surface area contributed by atoms with Crippen LogP contribution >= 0.6 is 0 Å². The molecule has 4 rings (SSSR count). The summed E-state index contributed by atoms with van der Waals surface area (Å²) >= 11 is 0. The number of nitrogens with one attached hydrogen (secondary N) is 1. The molecule has 1 aliphatic carbocycles. The number of anilines is 1. The number of hydrogen-bond donors (Lipinski definition) is 1. The number of sulfonamides is 1. The smallest absolute Gasteiger partial charge is 0.264 e. The first kappa shape index (κ1) is 31.1. The zero-order chi connectivity index (χ0) is 30.0. The zero-order valence-corrected chi connectivity index (χ0v) is 25.3. The largest absolute Gasteiger partial charge is 0.495 e. The lowest BCUT2D eigenvalue weighted by atomic mass is 9.95. The van der Waals surface area contributed by atoms with Crippen molar-refractivity contribution in [2.45, 2.75) is 68.8 Å². The summed E-state index contributed by atoms with van der Waals surface area (Å²) in [6.45, 7) is 1.66. The van der Waals surface area contributed by atoms with Gasteiger partial charge in [-0.15, -0.1) is 0 Å². The number of rotatable bonds is 13. The van der Waals surface area contributed by atoms with Gasteiger partial charge in [-0.2, -0.15) is 0 Å². The van der Waals surface area contributed by atoms with Crippen LogP contribution in [0.1, 0.15) is 51.0 Å². The SMILES string of the molecule is CC[C@H](C(=O)NC1CCCCC1)N(CCc1ccccc1)C(=O)CN(c1ccccc1OC)S(=O)(=O)c1ccccc1. The summed E-state index contributed by atoms with van der Waals surface area (Å²) < 4.78 is 34.6. The molecule has 3 aromatic rings. The monoisotopic (exact) mass is 591 g/mol. The van der Waals surface area contributed by atoms with E-state index < -0.39 is 28.5 Å². The number of carbonyl (C=O) groups is 2. The standard InChI is InChI=1S/C33H41N3O5S/c1-3-29(33(38)34-27-17-9-5-10-18-27)35(24-23-26-15-7-4-8-16-26)32(37)25-36(30-21-13-14-22-31(30)41-2)42(39,40)28-19-11-6-12-20-28/h4,6-8,11-16,19-22,27,29H,3,5,9-10,17-18,23-25H2,1-2H3,(H,34,38)/t29-/m1/s1. The second kappa shape index (κ2) is 14.9. The molecule has 0 unspecified atom stereocenters. The van der Waals surface area contributed by atoms with Crippen LogP contribution in [0.5, 0.6) is 5.75 Å². The first-order chi connectivity index (χ1) is 20.3. The average molecular weight is 592 g/mol. The van der Waals surface area contributed by atoms with Gasteiger partial charge < -0.3 is 15.0 Å². The summed E-state index contributed by atoms with van der Waals surface area (Å²) in [5.41, 5.74) is 1.27. The summed E-state index contributed by atoms with van der Waals surface area (Å²) in [7, 11) is -2.69. The molecule has 0 bridgehead atoms. The molecule has 0 saturated heterocycles. The lowest BCUT2D eigenvalue weighted by Crippen LogP contribution is -2.54. The van der Waals surface area contributed by atoms with Crippen LogP contribution in [-0.2, 0) is 26.0 Å². The summed E-state index contributed by atoms with van der Waals surface area (Å²) in [4.78, 5) is 29.4. The fourth-order valence-corrected chi connectivity index (χ4v) is 6.95. The van der Waals surface area contributed by atoms with Gasteiger partial charge >= 0.3 is 0 Å². The van der Waals surface area contributed by atoms with E-state index in [1.54, 1.807) is 47.4 Å². The maximum absolute atomic E-state index is 14.2.